The Hall–Kier alpha value is -4.30. The summed E-state index contributed by atoms with van der Waals surface area (Å²) in [6.07, 6.45) is 0. The fourth-order valence-electron chi connectivity index (χ4n) is 4.45. The molecule has 7 nitrogen and oxygen atoms in total. The van der Waals surface area contributed by atoms with Crippen molar-refractivity contribution in [2.75, 3.05) is 14.2 Å². The smallest absolute Gasteiger partial charge is 0.356 e. The molecule has 37 heavy (non-hydrogen) atoms. The van der Waals surface area contributed by atoms with Crippen LogP contribution in [0, 0.1) is 6.92 Å². The molecule has 2 heterocycles. The van der Waals surface area contributed by atoms with Crippen LogP contribution in [0.4, 0.5) is 0 Å². The highest BCUT2D eigenvalue weighted by atomic mass is 79.9. The van der Waals surface area contributed by atoms with Crippen molar-refractivity contribution in [1.29, 1.82) is 0 Å². The number of aromatic nitrogens is 2. The first-order valence-corrected chi connectivity index (χ1v) is 12.2. The quantitative estimate of drug-likeness (QED) is 0.195. The number of carbonyl (C=O) groups is 3. The molecule has 0 N–H and O–H groups in total. The van der Waals surface area contributed by atoms with Crippen LogP contribution in [-0.4, -0.2) is 41.5 Å². The highest BCUT2D eigenvalue weighted by molar-refractivity contribution is 9.10. The van der Waals surface area contributed by atoms with Crippen LogP contribution in [0.1, 0.15) is 42.3 Å². The summed E-state index contributed by atoms with van der Waals surface area (Å²) < 4.78 is 12.6. The molecular weight excluding hydrogens is 536 g/mol. The first-order chi connectivity index (χ1) is 17.8. The zero-order chi connectivity index (χ0) is 26.3. The van der Waals surface area contributed by atoms with Crippen LogP contribution in [0.2, 0.25) is 0 Å². The van der Waals surface area contributed by atoms with Gasteiger partial charge in [0, 0.05) is 26.7 Å². The van der Waals surface area contributed by atoms with Crippen LogP contribution < -0.4 is 0 Å². The second-order valence-corrected chi connectivity index (χ2v) is 9.33. The Morgan fingerprint density at radius 3 is 2.11 bits per heavy atom. The summed E-state index contributed by atoms with van der Waals surface area (Å²) in [7, 11) is 2.43. The van der Waals surface area contributed by atoms with Crippen LogP contribution >= 0.6 is 15.9 Å². The number of para-hydroxylation sites is 1. The van der Waals surface area contributed by atoms with E-state index in [0.717, 1.165) is 10.0 Å². The van der Waals surface area contributed by atoms with Crippen LogP contribution in [0.15, 0.2) is 77.3 Å². The van der Waals surface area contributed by atoms with Gasteiger partial charge in [0.05, 0.1) is 25.3 Å². The van der Waals surface area contributed by atoms with E-state index in [4.69, 9.17) is 14.5 Å². The minimum absolute atomic E-state index is 0.0353. The molecule has 2 aliphatic heterocycles. The van der Waals surface area contributed by atoms with Gasteiger partial charge in [-0.25, -0.2) is 14.6 Å². The number of aryl methyl sites for hydroxylation is 1. The Kier molecular flexibility index (Phi) is 6.35. The van der Waals surface area contributed by atoms with Gasteiger partial charge in [0.15, 0.2) is 5.78 Å². The number of fused-ring (bicyclic) bond motifs is 3. The van der Waals surface area contributed by atoms with Gasteiger partial charge in [-0.2, -0.15) is 0 Å². The van der Waals surface area contributed by atoms with E-state index < -0.39 is 17.7 Å². The summed E-state index contributed by atoms with van der Waals surface area (Å²) in [5, 5.41) is 0.667. The summed E-state index contributed by atoms with van der Waals surface area (Å²) in [5.41, 5.74) is 2.64. The maximum atomic E-state index is 14.1. The van der Waals surface area contributed by atoms with Crippen molar-refractivity contribution < 1.29 is 23.9 Å². The zero-order valence-electron chi connectivity index (χ0n) is 20.2. The number of methoxy groups -OCH3 is 2. The fourth-order valence-corrected chi connectivity index (χ4v) is 4.72. The molecular formula is C29H21BrN2O5. The lowest BCUT2D eigenvalue weighted by Gasteiger charge is -2.23. The number of rotatable bonds is 5. The van der Waals surface area contributed by atoms with Gasteiger partial charge in [-0.05, 0) is 37.3 Å². The Labute approximate surface area is 221 Å². The Bertz CT molecular complexity index is 1650. The van der Waals surface area contributed by atoms with Crippen LogP contribution in [0.3, 0.4) is 0 Å². The molecule has 0 spiro atoms. The largest absolute Gasteiger partial charge is 0.465 e. The number of hydrogen-bond acceptors (Lipinski definition) is 6. The third-order valence-electron chi connectivity index (χ3n) is 6.19. The maximum Gasteiger partial charge on any atom is 0.356 e. The molecule has 0 radical (unpaired) electrons. The average molecular weight is 557 g/mol. The van der Waals surface area contributed by atoms with E-state index in [2.05, 4.69) is 15.9 Å². The van der Waals surface area contributed by atoms with Gasteiger partial charge in [0.1, 0.15) is 17.1 Å². The normalized spacial score (nSPS) is 11.0. The zero-order valence-corrected chi connectivity index (χ0v) is 21.8. The monoisotopic (exact) mass is 556 g/mol. The van der Waals surface area contributed by atoms with E-state index in [-0.39, 0.29) is 16.8 Å². The van der Waals surface area contributed by atoms with Gasteiger partial charge in [0.25, 0.3) is 0 Å². The molecule has 0 aromatic heterocycles. The molecule has 5 rings (SSSR count). The lowest BCUT2D eigenvalue weighted by atomic mass is 9.90. The first-order valence-electron chi connectivity index (χ1n) is 11.4. The van der Waals surface area contributed by atoms with Crippen LogP contribution in [-0.2, 0) is 9.47 Å². The van der Waals surface area contributed by atoms with E-state index in [9.17, 15) is 14.4 Å². The van der Waals surface area contributed by atoms with Crippen LogP contribution in [0.5, 0.6) is 0 Å². The van der Waals surface area contributed by atoms with Crippen molar-refractivity contribution in [1.82, 2.24) is 9.55 Å². The van der Waals surface area contributed by atoms with Crippen molar-refractivity contribution in [3.8, 4) is 17.1 Å². The Balaban J connectivity index is 2.02. The van der Waals surface area contributed by atoms with E-state index >= 15 is 0 Å². The molecule has 0 fully saturated rings. The number of carbonyl (C=O) groups excluding carboxylic acids is 3. The van der Waals surface area contributed by atoms with Gasteiger partial charge in [0.2, 0.25) is 0 Å². The molecule has 0 aliphatic carbocycles. The predicted octanol–water partition coefficient (Wildman–Crippen LogP) is 6.01. The number of halogens is 1. The van der Waals surface area contributed by atoms with Crippen molar-refractivity contribution in [3.05, 3.63) is 105 Å². The molecule has 0 amide bonds. The average Bonchev–Trinajstić information content (AvgIpc) is 3.30. The minimum Gasteiger partial charge on any atom is -0.465 e. The third-order valence-corrected chi connectivity index (χ3v) is 6.72. The number of ketones is 1. The first kappa shape index (κ1) is 24.4. The molecule has 3 aromatic carbocycles. The standard InChI is InChI=1S/C29H21BrN2O5/c1-16-8-10-17(11-9-16)26(33)23-22-20-6-4-5-7-21(20)31-27(22)32(19-14-12-18(30)13-15-19)25(29(35)37-3)24(23)28(34)36-2/h4-15H,1-3H3. The molecule has 184 valence electrons. The number of ether oxygens (including phenoxy) is 2. The predicted molar refractivity (Wildman–Crippen MR) is 143 cm³/mol. The van der Waals surface area contributed by atoms with Gasteiger partial charge in [-0.15, -0.1) is 0 Å². The third kappa shape index (κ3) is 4.09. The molecule has 8 heteroatoms. The summed E-state index contributed by atoms with van der Waals surface area (Å²) >= 11 is 3.43. The number of benzene rings is 3. The van der Waals surface area contributed by atoms with E-state index in [1.54, 1.807) is 41.0 Å². The van der Waals surface area contributed by atoms with E-state index in [0.29, 0.717) is 33.5 Å². The minimum atomic E-state index is -0.839. The lowest BCUT2D eigenvalue weighted by Crippen LogP contribution is -2.25. The number of nitrogens with zero attached hydrogens (tertiary/aromatic N) is 2. The molecule has 0 saturated heterocycles. The molecule has 0 bridgehead atoms. The van der Waals surface area contributed by atoms with Crippen molar-refractivity contribution in [2.24, 2.45) is 0 Å². The second-order valence-electron chi connectivity index (χ2n) is 8.42. The van der Waals surface area contributed by atoms with Crippen molar-refractivity contribution in [3.63, 3.8) is 0 Å². The Morgan fingerprint density at radius 1 is 0.811 bits per heavy atom. The molecule has 0 saturated carbocycles. The number of hydrogen-bond donors (Lipinski definition) is 0. The van der Waals surface area contributed by atoms with Crippen LogP contribution in [0.25, 0.3) is 28.0 Å². The van der Waals surface area contributed by atoms with Crippen molar-refractivity contribution in [2.45, 2.75) is 6.92 Å². The summed E-state index contributed by atoms with van der Waals surface area (Å²) in [4.78, 5) is 45.6. The molecule has 0 atom stereocenters. The number of esters is 2. The van der Waals surface area contributed by atoms with Gasteiger partial charge < -0.3 is 9.47 Å². The fraction of sp³-hybridized carbons (Fsp3) is 0.103. The van der Waals surface area contributed by atoms with Gasteiger partial charge in [-0.1, -0.05) is 64.0 Å². The SMILES string of the molecule is COC(=O)c1c(C(=O)c2ccc(C)cc2)c2c3ccccc3nc-2n(-c2ccc(Br)cc2)c1C(=O)OC. The summed E-state index contributed by atoms with van der Waals surface area (Å²) in [6.45, 7) is 1.92. The van der Waals surface area contributed by atoms with Gasteiger partial charge >= 0.3 is 11.9 Å². The van der Waals surface area contributed by atoms with E-state index in [1.807, 2.05) is 43.3 Å². The molecule has 3 aromatic rings. The maximum absolute atomic E-state index is 14.1. The van der Waals surface area contributed by atoms with E-state index in [1.165, 1.54) is 14.2 Å². The Morgan fingerprint density at radius 2 is 1.46 bits per heavy atom. The molecule has 2 aliphatic rings. The summed E-state index contributed by atoms with van der Waals surface area (Å²) in [6, 6.07) is 21.5. The summed E-state index contributed by atoms with van der Waals surface area (Å²) in [5.74, 6) is -1.74. The topological polar surface area (TPSA) is 87.5 Å². The second kappa shape index (κ2) is 9.63. The lowest BCUT2D eigenvalue weighted by molar-refractivity contribution is 0.0545. The molecule has 0 unspecified atom stereocenters. The van der Waals surface area contributed by atoms with Crippen molar-refractivity contribution >= 4 is 44.6 Å². The number of pyridine rings is 1. The highest BCUT2D eigenvalue weighted by Gasteiger charge is 2.37. The highest BCUT2D eigenvalue weighted by Crippen LogP contribution is 2.41. The van der Waals surface area contributed by atoms with Gasteiger partial charge in [-0.3, -0.25) is 9.36 Å².